The Balaban J connectivity index is 1.28. The predicted molar refractivity (Wildman–Crippen MR) is 160 cm³/mol. The van der Waals surface area contributed by atoms with Crippen molar-refractivity contribution in [3.05, 3.63) is 99.9 Å². The Kier molecular flexibility index (Phi) is 8.87. The fourth-order valence-electron chi connectivity index (χ4n) is 4.68. The molecule has 10 heteroatoms. The maximum absolute atomic E-state index is 13.5. The lowest BCUT2D eigenvalue weighted by molar-refractivity contribution is -0.384. The van der Waals surface area contributed by atoms with Crippen LogP contribution in [-0.4, -0.2) is 21.7 Å². The van der Waals surface area contributed by atoms with Crippen molar-refractivity contribution in [3.63, 3.8) is 0 Å². The molecule has 1 saturated carbocycles. The van der Waals surface area contributed by atoms with Gasteiger partial charge >= 0.3 is 0 Å². The molecule has 1 aliphatic rings. The SMILES string of the molecule is O=C(Nc1ccc(SC(C(=O)Nc2nc(-c3cccc([N+](=O)[O-])c3)cs2)c2ccccc2)cc1)C1CCCCC1. The van der Waals surface area contributed by atoms with Crippen molar-refractivity contribution < 1.29 is 14.5 Å². The number of hydrogen-bond acceptors (Lipinski definition) is 7. The largest absolute Gasteiger partial charge is 0.326 e. The van der Waals surface area contributed by atoms with E-state index in [1.165, 1.54) is 41.7 Å². The van der Waals surface area contributed by atoms with Crippen LogP contribution < -0.4 is 10.6 Å². The molecular weight excluding hydrogens is 544 g/mol. The van der Waals surface area contributed by atoms with E-state index in [9.17, 15) is 19.7 Å². The second kappa shape index (κ2) is 12.9. The van der Waals surface area contributed by atoms with Gasteiger partial charge in [-0.05, 0) is 42.7 Å². The molecule has 1 aromatic heterocycles. The van der Waals surface area contributed by atoms with E-state index in [0.717, 1.165) is 41.8 Å². The summed E-state index contributed by atoms with van der Waals surface area (Å²) in [6, 6.07) is 23.3. The van der Waals surface area contributed by atoms with Crippen LogP contribution in [0.2, 0.25) is 0 Å². The van der Waals surface area contributed by atoms with Gasteiger partial charge in [-0.3, -0.25) is 19.7 Å². The highest BCUT2D eigenvalue weighted by atomic mass is 32.2. The van der Waals surface area contributed by atoms with Crippen molar-refractivity contribution >= 4 is 51.4 Å². The van der Waals surface area contributed by atoms with Crippen molar-refractivity contribution in [3.8, 4) is 11.3 Å². The third-order valence-corrected chi connectivity index (χ3v) is 8.80. The van der Waals surface area contributed by atoms with Crippen molar-refractivity contribution in [1.82, 2.24) is 4.98 Å². The number of nitro groups is 1. The maximum Gasteiger partial charge on any atom is 0.270 e. The number of carbonyl (C=O) groups excluding carboxylic acids is 2. The first kappa shape index (κ1) is 27.5. The molecule has 0 spiro atoms. The average molecular weight is 573 g/mol. The van der Waals surface area contributed by atoms with Crippen LogP contribution in [0.4, 0.5) is 16.5 Å². The van der Waals surface area contributed by atoms with Crippen LogP contribution in [0.25, 0.3) is 11.3 Å². The molecule has 204 valence electrons. The number of non-ortho nitro benzene ring substituents is 1. The molecular formula is C30H28N4O4S2. The lowest BCUT2D eigenvalue weighted by Gasteiger charge is -2.21. The summed E-state index contributed by atoms with van der Waals surface area (Å²) in [5.74, 6) is -0.0715. The van der Waals surface area contributed by atoms with Crippen LogP contribution in [0.1, 0.15) is 42.9 Å². The Morgan fingerprint density at radius 3 is 2.42 bits per heavy atom. The molecule has 0 radical (unpaired) electrons. The van der Waals surface area contributed by atoms with Crippen molar-refractivity contribution in [2.24, 2.45) is 5.92 Å². The quantitative estimate of drug-likeness (QED) is 0.121. The Labute approximate surface area is 240 Å². The molecule has 3 aromatic carbocycles. The van der Waals surface area contributed by atoms with Crippen LogP contribution in [0.5, 0.6) is 0 Å². The van der Waals surface area contributed by atoms with E-state index in [2.05, 4.69) is 15.6 Å². The first-order valence-electron chi connectivity index (χ1n) is 13.1. The first-order valence-corrected chi connectivity index (χ1v) is 14.9. The molecule has 1 aliphatic carbocycles. The van der Waals surface area contributed by atoms with E-state index in [1.54, 1.807) is 17.5 Å². The van der Waals surface area contributed by atoms with Gasteiger partial charge in [0.1, 0.15) is 5.25 Å². The molecule has 0 bridgehead atoms. The monoisotopic (exact) mass is 572 g/mol. The third-order valence-electron chi connectivity index (χ3n) is 6.78. The lowest BCUT2D eigenvalue weighted by Crippen LogP contribution is -2.24. The number of nitrogens with one attached hydrogen (secondary N) is 2. The molecule has 5 rings (SSSR count). The zero-order valence-corrected chi connectivity index (χ0v) is 23.3. The van der Waals surface area contributed by atoms with Gasteiger partial charge in [-0.1, -0.05) is 61.7 Å². The van der Waals surface area contributed by atoms with Gasteiger partial charge in [0.25, 0.3) is 5.69 Å². The van der Waals surface area contributed by atoms with Crippen LogP contribution in [-0.2, 0) is 9.59 Å². The van der Waals surface area contributed by atoms with Crippen LogP contribution >= 0.6 is 23.1 Å². The molecule has 40 heavy (non-hydrogen) atoms. The van der Waals surface area contributed by atoms with E-state index in [-0.39, 0.29) is 23.4 Å². The number of benzene rings is 3. The summed E-state index contributed by atoms with van der Waals surface area (Å²) in [4.78, 5) is 42.2. The minimum atomic E-state index is -0.547. The van der Waals surface area contributed by atoms with Gasteiger partial charge in [0, 0.05) is 39.6 Å². The maximum atomic E-state index is 13.5. The summed E-state index contributed by atoms with van der Waals surface area (Å²) in [6.07, 6.45) is 5.30. The number of rotatable bonds is 9. The van der Waals surface area contributed by atoms with E-state index in [1.807, 2.05) is 54.6 Å². The van der Waals surface area contributed by atoms with Crippen molar-refractivity contribution in [2.75, 3.05) is 10.6 Å². The number of aromatic nitrogens is 1. The van der Waals surface area contributed by atoms with Gasteiger partial charge in [-0.2, -0.15) is 0 Å². The van der Waals surface area contributed by atoms with E-state index >= 15 is 0 Å². The highest BCUT2D eigenvalue weighted by Crippen LogP contribution is 2.37. The number of nitrogens with zero attached hydrogens (tertiary/aromatic N) is 2. The van der Waals surface area contributed by atoms with Crippen molar-refractivity contribution in [2.45, 2.75) is 42.2 Å². The smallest absolute Gasteiger partial charge is 0.270 e. The summed E-state index contributed by atoms with van der Waals surface area (Å²) in [5, 5.41) is 18.7. The number of amides is 2. The summed E-state index contributed by atoms with van der Waals surface area (Å²) in [6.45, 7) is 0. The Bertz CT molecular complexity index is 1490. The third kappa shape index (κ3) is 6.94. The minimum absolute atomic E-state index is 0.0174. The topological polar surface area (TPSA) is 114 Å². The van der Waals surface area contributed by atoms with E-state index in [0.29, 0.717) is 16.4 Å². The van der Waals surface area contributed by atoms with E-state index < -0.39 is 10.2 Å². The zero-order valence-electron chi connectivity index (χ0n) is 21.6. The average Bonchev–Trinajstić information content (AvgIpc) is 3.46. The van der Waals surface area contributed by atoms with Crippen molar-refractivity contribution in [1.29, 1.82) is 0 Å². The Hall–Kier alpha value is -4.02. The fraction of sp³-hybridized carbons (Fsp3) is 0.233. The number of hydrogen-bond donors (Lipinski definition) is 2. The molecule has 2 amide bonds. The van der Waals surface area contributed by atoms with Crippen LogP contribution in [0.3, 0.4) is 0 Å². The minimum Gasteiger partial charge on any atom is -0.326 e. The Morgan fingerprint density at radius 1 is 0.950 bits per heavy atom. The number of carbonyl (C=O) groups is 2. The van der Waals surface area contributed by atoms with Gasteiger partial charge in [0.2, 0.25) is 11.8 Å². The highest BCUT2D eigenvalue weighted by Gasteiger charge is 2.24. The van der Waals surface area contributed by atoms with Gasteiger partial charge in [0.15, 0.2) is 5.13 Å². The molecule has 4 aromatic rings. The second-order valence-corrected chi connectivity index (χ2v) is 11.6. The standard InChI is InChI=1S/C30H28N4O4S2/c35-28(21-10-5-2-6-11-21)31-23-14-16-25(17-15-23)40-27(20-8-3-1-4-9-20)29(36)33-30-32-26(19-39-30)22-12-7-13-24(18-22)34(37)38/h1,3-4,7-9,12-19,21,27H,2,5-6,10-11H2,(H,31,35)(H,32,33,36). The first-order chi connectivity index (χ1) is 19.5. The normalized spacial score (nSPS) is 14.3. The van der Waals surface area contributed by atoms with Crippen LogP contribution in [0.15, 0.2) is 89.1 Å². The van der Waals surface area contributed by atoms with Gasteiger partial charge in [-0.25, -0.2) is 4.98 Å². The summed E-state index contributed by atoms with van der Waals surface area (Å²) in [7, 11) is 0. The molecule has 1 fully saturated rings. The summed E-state index contributed by atoms with van der Waals surface area (Å²) < 4.78 is 0. The van der Waals surface area contributed by atoms with Gasteiger partial charge < -0.3 is 10.6 Å². The molecule has 0 saturated heterocycles. The predicted octanol–water partition coefficient (Wildman–Crippen LogP) is 7.71. The lowest BCUT2D eigenvalue weighted by atomic mass is 9.88. The summed E-state index contributed by atoms with van der Waals surface area (Å²) >= 11 is 2.67. The van der Waals surface area contributed by atoms with Crippen LogP contribution in [0, 0.1) is 16.0 Å². The molecule has 1 unspecified atom stereocenters. The number of nitro benzene ring substituents is 1. The fourth-order valence-corrected chi connectivity index (χ4v) is 6.42. The van der Waals surface area contributed by atoms with Gasteiger partial charge in [-0.15, -0.1) is 23.1 Å². The highest BCUT2D eigenvalue weighted by molar-refractivity contribution is 8.00. The molecule has 2 N–H and O–H groups in total. The van der Waals surface area contributed by atoms with E-state index in [4.69, 9.17) is 0 Å². The number of thioether (sulfide) groups is 1. The molecule has 1 heterocycles. The Morgan fingerprint density at radius 2 is 1.70 bits per heavy atom. The zero-order chi connectivity index (χ0) is 27.9. The molecule has 8 nitrogen and oxygen atoms in total. The van der Waals surface area contributed by atoms with Gasteiger partial charge in [0.05, 0.1) is 10.6 Å². The second-order valence-electron chi connectivity index (χ2n) is 9.59. The number of thiazole rings is 1. The number of anilines is 2. The summed E-state index contributed by atoms with van der Waals surface area (Å²) in [5.41, 5.74) is 2.73. The molecule has 0 aliphatic heterocycles. The molecule has 1 atom stereocenters.